The van der Waals surface area contributed by atoms with E-state index in [1.165, 1.54) is 28.6 Å². The summed E-state index contributed by atoms with van der Waals surface area (Å²) >= 11 is 18.0. The number of nitrogens with zero attached hydrogens (tertiary/aromatic N) is 1. The van der Waals surface area contributed by atoms with E-state index in [1.807, 2.05) is 0 Å². The van der Waals surface area contributed by atoms with Crippen LogP contribution in [0.3, 0.4) is 0 Å². The van der Waals surface area contributed by atoms with Gasteiger partial charge in [0.25, 0.3) is 0 Å². The zero-order valence-electron chi connectivity index (χ0n) is 14.9. The molecule has 1 aliphatic rings. The number of nitrogens with one attached hydrogen (secondary N) is 1. The van der Waals surface area contributed by atoms with Crippen molar-refractivity contribution in [2.45, 2.75) is 36.7 Å². The van der Waals surface area contributed by atoms with Crippen LogP contribution < -0.4 is 5.32 Å². The minimum absolute atomic E-state index is 0.0000642. The standard InChI is InChI=1S/C19H19Cl3N2O3S/c20-14-5-7-15(8-6-14)28(26,27)24(18-3-1-2-10-23-19(18)25)12-13-4-9-16(21)17(22)11-13/h4-9,11,18H,1-3,10,12H2,(H,23,25)/t18-/m1/s1. The molecule has 150 valence electrons. The van der Waals surface area contributed by atoms with E-state index in [-0.39, 0.29) is 17.3 Å². The maximum absolute atomic E-state index is 13.4. The molecule has 0 aromatic heterocycles. The summed E-state index contributed by atoms with van der Waals surface area (Å²) in [5, 5.41) is 3.94. The summed E-state index contributed by atoms with van der Waals surface area (Å²) in [5.41, 5.74) is 0.643. The van der Waals surface area contributed by atoms with E-state index in [0.29, 0.717) is 33.6 Å². The highest BCUT2D eigenvalue weighted by molar-refractivity contribution is 7.89. The fraction of sp³-hybridized carbons (Fsp3) is 0.316. The number of sulfonamides is 1. The third-order valence-corrected chi connectivity index (χ3v) is 7.46. The summed E-state index contributed by atoms with van der Waals surface area (Å²) in [6, 6.07) is 10.0. The third-order valence-electron chi connectivity index (χ3n) is 4.60. The van der Waals surface area contributed by atoms with Gasteiger partial charge in [0.05, 0.1) is 14.9 Å². The highest BCUT2D eigenvalue weighted by Crippen LogP contribution is 2.28. The van der Waals surface area contributed by atoms with Gasteiger partial charge in [0.2, 0.25) is 15.9 Å². The maximum Gasteiger partial charge on any atom is 0.244 e. The molecular weight excluding hydrogens is 443 g/mol. The van der Waals surface area contributed by atoms with Crippen molar-refractivity contribution in [2.75, 3.05) is 6.54 Å². The fourth-order valence-electron chi connectivity index (χ4n) is 3.12. The fourth-order valence-corrected chi connectivity index (χ4v) is 5.17. The lowest BCUT2D eigenvalue weighted by Crippen LogP contribution is -2.48. The van der Waals surface area contributed by atoms with Crippen LogP contribution in [0.1, 0.15) is 24.8 Å². The first-order chi connectivity index (χ1) is 13.3. The summed E-state index contributed by atoms with van der Waals surface area (Å²) in [6.07, 6.45) is 2.00. The van der Waals surface area contributed by atoms with Gasteiger partial charge in [-0.3, -0.25) is 4.79 Å². The number of halogens is 3. The molecule has 3 rings (SSSR count). The first-order valence-corrected chi connectivity index (χ1v) is 11.4. The van der Waals surface area contributed by atoms with Gasteiger partial charge in [-0.05, 0) is 61.2 Å². The molecular formula is C19H19Cl3N2O3S. The second-order valence-corrected chi connectivity index (χ2v) is 9.70. The summed E-state index contributed by atoms with van der Waals surface area (Å²) in [5.74, 6) is -0.296. The SMILES string of the molecule is O=C1NCCCC[C@H]1N(Cc1ccc(Cl)c(Cl)c1)S(=O)(=O)c1ccc(Cl)cc1. The van der Waals surface area contributed by atoms with E-state index < -0.39 is 16.1 Å². The number of amides is 1. The number of carbonyl (C=O) groups is 1. The second-order valence-electron chi connectivity index (χ2n) is 6.56. The van der Waals surface area contributed by atoms with Crippen LogP contribution in [-0.2, 0) is 21.4 Å². The smallest absolute Gasteiger partial charge is 0.244 e. The van der Waals surface area contributed by atoms with Gasteiger partial charge in [0.1, 0.15) is 6.04 Å². The van der Waals surface area contributed by atoms with Gasteiger partial charge in [-0.1, -0.05) is 40.9 Å². The summed E-state index contributed by atoms with van der Waals surface area (Å²) < 4.78 is 28.0. The Labute approximate surface area is 179 Å². The first-order valence-electron chi connectivity index (χ1n) is 8.78. The average molecular weight is 462 g/mol. The van der Waals surface area contributed by atoms with E-state index in [0.717, 1.165) is 12.8 Å². The molecule has 0 unspecified atom stereocenters. The van der Waals surface area contributed by atoms with Crippen LogP contribution in [0.15, 0.2) is 47.4 Å². The third kappa shape index (κ3) is 4.81. The predicted molar refractivity (Wildman–Crippen MR) is 111 cm³/mol. The molecule has 0 bridgehead atoms. The topological polar surface area (TPSA) is 66.5 Å². The second kappa shape index (κ2) is 9.01. The molecule has 1 fully saturated rings. The van der Waals surface area contributed by atoms with Crippen LogP contribution in [0, 0.1) is 0 Å². The summed E-state index contributed by atoms with van der Waals surface area (Å²) in [6.45, 7) is 0.539. The molecule has 0 aliphatic carbocycles. The Morgan fingerprint density at radius 3 is 2.39 bits per heavy atom. The lowest BCUT2D eigenvalue weighted by atomic mass is 10.1. The number of hydrogen-bond acceptors (Lipinski definition) is 3. The molecule has 5 nitrogen and oxygen atoms in total. The Morgan fingerprint density at radius 2 is 1.71 bits per heavy atom. The zero-order valence-corrected chi connectivity index (χ0v) is 18.0. The molecule has 1 aliphatic heterocycles. The van der Waals surface area contributed by atoms with Crippen molar-refractivity contribution in [3.05, 3.63) is 63.1 Å². The molecule has 1 amide bonds. The number of benzene rings is 2. The largest absolute Gasteiger partial charge is 0.355 e. The van der Waals surface area contributed by atoms with Crippen molar-refractivity contribution in [1.29, 1.82) is 0 Å². The number of rotatable bonds is 5. The highest BCUT2D eigenvalue weighted by atomic mass is 35.5. The Kier molecular flexibility index (Phi) is 6.89. The molecule has 0 saturated carbocycles. The Hall–Kier alpha value is -1.31. The van der Waals surface area contributed by atoms with Crippen LogP contribution in [0.4, 0.5) is 0 Å². The highest BCUT2D eigenvalue weighted by Gasteiger charge is 2.36. The van der Waals surface area contributed by atoms with Gasteiger partial charge in [-0.2, -0.15) is 4.31 Å². The summed E-state index contributed by atoms with van der Waals surface area (Å²) in [4.78, 5) is 12.7. The van der Waals surface area contributed by atoms with Crippen LogP contribution in [-0.4, -0.2) is 31.2 Å². The van der Waals surface area contributed by atoms with Crippen LogP contribution >= 0.6 is 34.8 Å². The predicted octanol–water partition coefficient (Wildman–Crippen LogP) is 4.51. The molecule has 1 heterocycles. The lowest BCUT2D eigenvalue weighted by Gasteiger charge is -2.29. The Balaban J connectivity index is 2.03. The van der Waals surface area contributed by atoms with Gasteiger partial charge >= 0.3 is 0 Å². The average Bonchev–Trinajstić information content (AvgIpc) is 2.87. The van der Waals surface area contributed by atoms with Crippen molar-refractivity contribution in [3.8, 4) is 0 Å². The number of hydrogen-bond donors (Lipinski definition) is 1. The monoisotopic (exact) mass is 460 g/mol. The molecule has 2 aromatic carbocycles. The molecule has 1 atom stereocenters. The normalized spacial score (nSPS) is 18.0. The molecule has 0 radical (unpaired) electrons. The van der Waals surface area contributed by atoms with Gasteiger partial charge in [-0.15, -0.1) is 0 Å². The molecule has 2 aromatic rings. The minimum atomic E-state index is -3.95. The lowest BCUT2D eigenvalue weighted by molar-refractivity contribution is -0.124. The van der Waals surface area contributed by atoms with E-state index in [1.54, 1.807) is 18.2 Å². The minimum Gasteiger partial charge on any atom is -0.355 e. The van der Waals surface area contributed by atoms with E-state index in [4.69, 9.17) is 34.8 Å². The Morgan fingerprint density at radius 1 is 1.00 bits per heavy atom. The molecule has 0 spiro atoms. The Bertz CT molecular complexity index is 965. The van der Waals surface area contributed by atoms with Crippen molar-refractivity contribution in [1.82, 2.24) is 9.62 Å². The quantitative estimate of drug-likeness (QED) is 0.712. The van der Waals surface area contributed by atoms with Crippen molar-refractivity contribution >= 4 is 50.7 Å². The van der Waals surface area contributed by atoms with Crippen molar-refractivity contribution in [2.24, 2.45) is 0 Å². The van der Waals surface area contributed by atoms with Crippen LogP contribution in [0.5, 0.6) is 0 Å². The van der Waals surface area contributed by atoms with E-state index >= 15 is 0 Å². The maximum atomic E-state index is 13.4. The molecule has 9 heteroatoms. The van der Waals surface area contributed by atoms with Gasteiger partial charge in [0, 0.05) is 18.1 Å². The molecule has 1 saturated heterocycles. The van der Waals surface area contributed by atoms with E-state index in [9.17, 15) is 13.2 Å². The summed E-state index contributed by atoms with van der Waals surface area (Å²) in [7, 11) is -3.95. The van der Waals surface area contributed by atoms with Crippen molar-refractivity contribution < 1.29 is 13.2 Å². The zero-order chi connectivity index (χ0) is 20.3. The first kappa shape index (κ1) is 21.4. The van der Waals surface area contributed by atoms with E-state index in [2.05, 4.69) is 5.32 Å². The number of carbonyl (C=O) groups excluding carboxylic acids is 1. The van der Waals surface area contributed by atoms with Crippen LogP contribution in [0.2, 0.25) is 15.1 Å². The molecule has 28 heavy (non-hydrogen) atoms. The van der Waals surface area contributed by atoms with Gasteiger partial charge in [-0.25, -0.2) is 8.42 Å². The van der Waals surface area contributed by atoms with Crippen LogP contribution in [0.25, 0.3) is 0 Å². The molecule has 1 N–H and O–H groups in total. The van der Waals surface area contributed by atoms with Crippen molar-refractivity contribution in [3.63, 3.8) is 0 Å². The van der Waals surface area contributed by atoms with Gasteiger partial charge < -0.3 is 5.32 Å². The van der Waals surface area contributed by atoms with Gasteiger partial charge in [0.15, 0.2) is 0 Å².